The fourth-order valence-electron chi connectivity index (χ4n) is 4.79. The van der Waals surface area contributed by atoms with Gasteiger partial charge in [0.2, 0.25) is 25.1 Å². The standard InChI is InChI=1S/C29H45N4O8P/c1-7-41-42(39,17-22(13-19(2)3)26(35)31-23(14-20(4)5)27(36)30-6)18-33-25(34)15-24(28(33)37)32-29(38)40-16-21-11-9-8-10-12-21/h8-12,19-20,22-24H,7,13-18H2,1-6H3,(H,30,36)(H,31,35)(H,32,38)/t22?,23-,24+,42?/m0/s1. The van der Waals surface area contributed by atoms with Crippen molar-refractivity contribution >= 4 is 37.1 Å². The highest BCUT2D eigenvalue weighted by Crippen LogP contribution is 2.50. The smallest absolute Gasteiger partial charge is 0.408 e. The third-order valence-corrected chi connectivity index (χ3v) is 9.12. The molecule has 1 fully saturated rings. The average molecular weight is 609 g/mol. The van der Waals surface area contributed by atoms with E-state index in [0.717, 1.165) is 10.5 Å². The Labute approximate surface area is 248 Å². The van der Waals surface area contributed by atoms with Crippen LogP contribution in [0.2, 0.25) is 0 Å². The number of carbonyl (C=O) groups is 5. The Kier molecular flexibility index (Phi) is 13.7. The van der Waals surface area contributed by atoms with Crippen molar-refractivity contribution in [3.63, 3.8) is 0 Å². The lowest BCUT2D eigenvalue weighted by molar-refractivity contribution is -0.138. The maximum atomic E-state index is 14.1. The third-order valence-electron chi connectivity index (χ3n) is 6.68. The number of ether oxygens (including phenoxy) is 1. The summed E-state index contributed by atoms with van der Waals surface area (Å²) in [6.07, 6.45) is -1.15. The number of rotatable bonds is 16. The van der Waals surface area contributed by atoms with Gasteiger partial charge in [0.05, 0.1) is 13.0 Å². The van der Waals surface area contributed by atoms with Crippen LogP contribution >= 0.6 is 7.37 Å². The van der Waals surface area contributed by atoms with Gasteiger partial charge in [0, 0.05) is 19.1 Å². The number of benzene rings is 1. The summed E-state index contributed by atoms with van der Waals surface area (Å²) in [5, 5.41) is 7.77. The van der Waals surface area contributed by atoms with Crippen molar-refractivity contribution in [1.29, 1.82) is 0 Å². The minimum absolute atomic E-state index is 0.0119. The number of hydrogen-bond donors (Lipinski definition) is 3. The lowest BCUT2D eigenvalue weighted by Gasteiger charge is -2.28. The van der Waals surface area contributed by atoms with Crippen molar-refractivity contribution in [2.75, 3.05) is 26.1 Å². The van der Waals surface area contributed by atoms with Gasteiger partial charge in [-0.1, -0.05) is 58.0 Å². The van der Waals surface area contributed by atoms with Gasteiger partial charge >= 0.3 is 6.09 Å². The molecule has 0 saturated carbocycles. The predicted octanol–water partition coefficient (Wildman–Crippen LogP) is 3.25. The first-order valence-corrected chi connectivity index (χ1v) is 16.3. The monoisotopic (exact) mass is 608 g/mol. The Morgan fingerprint density at radius 3 is 2.24 bits per heavy atom. The molecule has 0 bridgehead atoms. The molecule has 0 spiro atoms. The topological polar surface area (TPSA) is 160 Å². The number of likely N-dealkylation sites (N-methyl/N-ethyl adjacent to an activating group) is 1. The van der Waals surface area contributed by atoms with E-state index in [1.807, 2.05) is 33.8 Å². The van der Waals surface area contributed by atoms with E-state index in [1.165, 1.54) is 7.05 Å². The SMILES string of the molecule is CCOP(=O)(CC(CC(C)C)C(=O)N[C@@H](CC(C)C)C(=O)NC)CN1C(=O)C[C@@H](NC(=O)OCc2ccccc2)C1=O. The van der Waals surface area contributed by atoms with Gasteiger partial charge in [-0.25, -0.2) is 4.79 Å². The van der Waals surface area contributed by atoms with E-state index in [2.05, 4.69) is 16.0 Å². The molecule has 1 aromatic rings. The predicted molar refractivity (Wildman–Crippen MR) is 157 cm³/mol. The highest BCUT2D eigenvalue weighted by atomic mass is 31.2. The number of likely N-dealkylation sites (tertiary alicyclic amines) is 1. The molecule has 0 aliphatic carbocycles. The fraction of sp³-hybridized carbons (Fsp3) is 0.621. The van der Waals surface area contributed by atoms with Crippen molar-refractivity contribution in [2.24, 2.45) is 17.8 Å². The van der Waals surface area contributed by atoms with Gasteiger partial charge < -0.3 is 25.2 Å². The number of carbonyl (C=O) groups excluding carboxylic acids is 5. The molecule has 2 rings (SSSR count). The quantitative estimate of drug-likeness (QED) is 0.190. The zero-order chi connectivity index (χ0) is 31.4. The lowest BCUT2D eigenvalue weighted by Crippen LogP contribution is -2.49. The normalized spacial score (nSPS) is 18.0. The van der Waals surface area contributed by atoms with Crippen molar-refractivity contribution in [2.45, 2.75) is 72.6 Å². The minimum Gasteiger partial charge on any atom is -0.445 e. The van der Waals surface area contributed by atoms with Crippen LogP contribution in [0.3, 0.4) is 0 Å². The first kappa shape index (κ1) is 35.0. The maximum Gasteiger partial charge on any atom is 0.408 e. The Morgan fingerprint density at radius 1 is 1.02 bits per heavy atom. The molecule has 42 heavy (non-hydrogen) atoms. The molecule has 5 amide bonds. The zero-order valence-corrected chi connectivity index (χ0v) is 26.3. The van der Waals surface area contributed by atoms with Crippen LogP contribution in [0.4, 0.5) is 4.79 Å². The molecule has 234 valence electrons. The summed E-state index contributed by atoms with van der Waals surface area (Å²) in [6.45, 7) is 9.36. The Bertz CT molecular complexity index is 1140. The molecule has 1 aromatic carbocycles. The van der Waals surface area contributed by atoms with Crippen LogP contribution in [0.15, 0.2) is 30.3 Å². The molecule has 2 unspecified atom stereocenters. The average Bonchev–Trinajstić information content (AvgIpc) is 3.17. The minimum atomic E-state index is -3.75. The molecular formula is C29H45N4O8P. The molecule has 3 N–H and O–H groups in total. The van der Waals surface area contributed by atoms with Gasteiger partial charge in [-0.05, 0) is 37.2 Å². The number of nitrogens with zero attached hydrogens (tertiary/aromatic N) is 1. The van der Waals surface area contributed by atoms with Gasteiger partial charge in [0.1, 0.15) is 25.0 Å². The second-order valence-electron chi connectivity index (χ2n) is 11.3. The Morgan fingerprint density at radius 2 is 1.67 bits per heavy atom. The molecule has 1 aliphatic heterocycles. The molecule has 0 aromatic heterocycles. The van der Waals surface area contributed by atoms with Gasteiger partial charge in [0.15, 0.2) is 0 Å². The highest BCUT2D eigenvalue weighted by Gasteiger charge is 2.44. The number of amides is 5. The highest BCUT2D eigenvalue weighted by molar-refractivity contribution is 7.59. The fourth-order valence-corrected chi connectivity index (χ4v) is 7.28. The van der Waals surface area contributed by atoms with E-state index in [0.29, 0.717) is 12.8 Å². The number of hydrogen-bond acceptors (Lipinski definition) is 8. The summed E-state index contributed by atoms with van der Waals surface area (Å²) >= 11 is 0. The molecule has 12 nitrogen and oxygen atoms in total. The van der Waals surface area contributed by atoms with Crippen molar-refractivity contribution in [3.8, 4) is 0 Å². The van der Waals surface area contributed by atoms with E-state index in [1.54, 1.807) is 31.2 Å². The van der Waals surface area contributed by atoms with Crippen LogP contribution in [0.25, 0.3) is 0 Å². The second-order valence-corrected chi connectivity index (χ2v) is 13.8. The van der Waals surface area contributed by atoms with Crippen molar-refractivity contribution in [3.05, 3.63) is 35.9 Å². The maximum absolute atomic E-state index is 14.1. The second kappa shape index (κ2) is 16.4. The number of imide groups is 1. The number of nitrogens with one attached hydrogen (secondary N) is 3. The summed E-state index contributed by atoms with van der Waals surface area (Å²) < 4.78 is 24.8. The van der Waals surface area contributed by atoms with E-state index in [4.69, 9.17) is 9.26 Å². The van der Waals surface area contributed by atoms with Gasteiger partial charge in [-0.2, -0.15) is 0 Å². The first-order chi connectivity index (χ1) is 19.8. The molecule has 1 aliphatic rings. The zero-order valence-electron chi connectivity index (χ0n) is 25.4. The van der Waals surface area contributed by atoms with Gasteiger partial charge in [-0.3, -0.25) is 28.6 Å². The summed E-state index contributed by atoms with van der Waals surface area (Å²) in [5.74, 6) is -2.73. The molecule has 13 heteroatoms. The molecule has 1 saturated heterocycles. The first-order valence-electron chi connectivity index (χ1n) is 14.3. The van der Waals surface area contributed by atoms with Gasteiger partial charge in [-0.15, -0.1) is 0 Å². The van der Waals surface area contributed by atoms with Gasteiger partial charge in [0.25, 0.3) is 5.91 Å². The van der Waals surface area contributed by atoms with Crippen LogP contribution in [0.5, 0.6) is 0 Å². The van der Waals surface area contributed by atoms with Crippen LogP contribution in [-0.2, 0) is 39.6 Å². The van der Waals surface area contributed by atoms with Crippen LogP contribution in [-0.4, -0.2) is 72.8 Å². The Hall–Kier alpha value is -3.24. The summed E-state index contributed by atoms with van der Waals surface area (Å²) in [5.41, 5.74) is 0.756. The third kappa shape index (κ3) is 10.9. The lowest BCUT2D eigenvalue weighted by atomic mass is 9.96. The van der Waals surface area contributed by atoms with Crippen molar-refractivity contribution in [1.82, 2.24) is 20.9 Å². The Balaban J connectivity index is 2.13. The van der Waals surface area contributed by atoms with Crippen LogP contribution in [0.1, 0.15) is 59.4 Å². The summed E-state index contributed by atoms with van der Waals surface area (Å²) in [4.78, 5) is 64.8. The van der Waals surface area contributed by atoms with Crippen LogP contribution in [0, 0.1) is 17.8 Å². The molecular weight excluding hydrogens is 563 g/mol. The molecule has 0 radical (unpaired) electrons. The number of alkyl carbamates (subject to hydrolysis) is 1. The van der Waals surface area contributed by atoms with E-state index in [-0.39, 0.29) is 43.5 Å². The van der Waals surface area contributed by atoms with E-state index >= 15 is 0 Å². The molecule has 4 atom stereocenters. The van der Waals surface area contributed by atoms with E-state index in [9.17, 15) is 28.5 Å². The summed E-state index contributed by atoms with van der Waals surface area (Å²) in [6, 6.07) is 7.04. The largest absolute Gasteiger partial charge is 0.445 e. The summed E-state index contributed by atoms with van der Waals surface area (Å²) in [7, 11) is -2.25. The van der Waals surface area contributed by atoms with E-state index < -0.39 is 55.5 Å². The molecule has 1 heterocycles. The van der Waals surface area contributed by atoms with Crippen LogP contribution < -0.4 is 16.0 Å². The van der Waals surface area contributed by atoms with Crippen molar-refractivity contribution < 1.29 is 37.8 Å².